The van der Waals surface area contributed by atoms with E-state index in [4.69, 9.17) is 16.3 Å². The van der Waals surface area contributed by atoms with Gasteiger partial charge in [0.2, 0.25) is 5.91 Å². The number of benzene rings is 2. The molecule has 2 aromatic carbocycles. The van der Waals surface area contributed by atoms with Crippen molar-refractivity contribution in [1.29, 1.82) is 0 Å². The number of hydrogen-bond donors (Lipinski definition) is 1. The van der Waals surface area contributed by atoms with Crippen molar-refractivity contribution in [1.82, 2.24) is 14.8 Å². The molecule has 0 saturated carbocycles. The van der Waals surface area contributed by atoms with Gasteiger partial charge in [-0.05, 0) is 60.5 Å². The first-order chi connectivity index (χ1) is 17.4. The first-order valence-corrected chi connectivity index (χ1v) is 13.5. The number of amides is 3. The quantitative estimate of drug-likeness (QED) is 0.364. The number of carbonyl (C=O) groups is 3. The summed E-state index contributed by atoms with van der Waals surface area (Å²) < 4.78 is 8.31. The SMILES string of the molecule is O=C(Cn1cc(/C=C2\SC(=O)N(Cc3ccccc3Cl)C2=O)c2cc(Br)ccc21)NC[C@H]1CCCO1. The third-order valence-corrected chi connectivity index (χ3v) is 7.95. The standard InChI is InChI=1S/C26H23BrClN3O4S/c27-18-7-8-22-20(11-18)17(13-30(22)15-24(32)29-12-19-5-3-9-35-19)10-23-25(33)31(26(34)36-23)14-16-4-1-2-6-21(16)28/h1-2,4,6-8,10-11,13,19H,3,5,9,12,14-15H2,(H,29,32)/b23-10-/t19-/m1/s1. The molecule has 10 heteroatoms. The van der Waals surface area contributed by atoms with Gasteiger partial charge in [0.25, 0.3) is 11.1 Å². The molecule has 2 aliphatic rings. The molecule has 3 heterocycles. The van der Waals surface area contributed by atoms with Crippen LogP contribution >= 0.6 is 39.3 Å². The largest absolute Gasteiger partial charge is 0.376 e. The maximum absolute atomic E-state index is 13.1. The molecule has 1 aromatic heterocycles. The van der Waals surface area contributed by atoms with Crippen LogP contribution in [0, 0.1) is 0 Å². The van der Waals surface area contributed by atoms with Crippen LogP contribution < -0.4 is 5.32 Å². The molecule has 2 aliphatic heterocycles. The van der Waals surface area contributed by atoms with Gasteiger partial charge in [-0.25, -0.2) is 0 Å². The van der Waals surface area contributed by atoms with Crippen molar-refractivity contribution in [2.45, 2.75) is 32.0 Å². The third-order valence-electron chi connectivity index (χ3n) is 6.19. The number of ether oxygens (including phenoxy) is 1. The number of carbonyl (C=O) groups excluding carboxylic acids is 3. The summed E-state index contributed by atoms with van der Waals surface area (Å²) in [5, 5.41) is 3.98. The summed E-state index contributed by atoms with van der Waals surface area (Å²) in [6.07, 6.45) is 5.60. The molecule has 1 N–H and O–H groups in total. The van der Waals surface area contributed by atoms with Crippen molar-refractivity contribution < 1.29 is 19.1 Å². The van der Waals surface area contributed by atoms with Gasteiger partial charge in [-0.1, -0.05) is 45.7 Å². The molecule has 2 saturated heterocycles. The normalized spacial score (nSPS) is 19.1. The monoisotopic (exact) mass is 587 g/mol. The Morgan fingerprint density at radius 2 is 2.08 bits per heavy atom. The zero-order valence-corrected chi connectivity index (χ0v) is 22.4. The van der Waals surface area contributed by atoms with E-state index in [0.29, 0.717) is 22.0 Å². The predicted octanol–water partition coefficient (Wildman–Crippen LogP) is 5.59. The van der Waals surface area contributed by atoms with Crippen LogP contribution in [-0.4, -0.2) is 45.8 Å². The van der Waals surface area contributed by atoms with E-state index in [1.165, 1.54) is 4.90 Å². The van der Waals surface area contributed by atoms with Crippen molar-refractivity contribution in [2.75, 3.05) is 13.2 Å². The highest BCUT2D eigenvalue weighted by atomic mass is 79.9. The van der Waals surface area contributed by atoms with Gasteiger partial charge in [0.05, 0.1) is 17.6 Å². The van der Waals surface area contributed by atoms with Gasteiger partial charge in [0.15, 0.2) is 0 Å². The summed E-state index contributed by atoms with van der Waals surface area (Å²) in [4.78, 5) is 39.9. The lowest BCUT2D eigenvalue weighted by molar-refractivity contribution is -0.123. The predicted molar refractivity (Wildman–Crippen MR) is 145 cm³/mol. The summed E-state index contributed by atoms with van der Waals surface area (Å²) in [5.41, 5.74) is 2.31. The zero-order chi connectivity index (χ0) is 25.2. The minimum atomic E-state index is -0.366. The molecule has 1 atom stereocenters. The smallest absolute Gasteiger partial charge is 0.293 e. The summed E-state index contributed by atoms with van der Waals surface area (Å²) in [6, 6.07) is 12.9. The Labute approximate surface area is 225 Å². The van der Waals surface area contributed by atoms with E-state index in [0.717, 1.165) is 52.1 Å². The van der Waals surface area contributed by atoms with Crippen LogP contribution in [-0.2, 0) is 27.4 Å². The number of rotatable bonds is 7. The van der Waals surface area contributed by atoms with E-state index >= 15 is 0 Å². The fourth-order valence-electron chi connectivity index (χ4n) is 4.36. The van der Waals surface area contributed by atoms with E-state index in [1.54, 1.807) is 24.3 Å². The molecule has 0 aliphatic carbocycles. The fraction of sp³-hybridized carbons (Fsp3) is 0.269. The summed E-state index contributed by atoms with van der Waals surface area (Å²) in [7, 11) is 0. The molecule has 3 amide bonds. The first kappa shape index (κ1) is 25.1. The van der Waals surface area contributed by atoms with E-state index in [2.05, 4.69) is 21.2 Å². The van der Waals surface area contributed by atoms with Gasteiger partial charge in [-0.15, -0.1) is 0 Å². The number of hydrogen-bond acceptors (Lipinski definition) is 5. The highest BCUT2D eigenvalue weighted by molar-refractivity contribution is 9.10. The van der Waals surface area contributed by atoms with Gasteiger partial charge in [-0.3, -0.25) is 19.3 Å². The summed E-state index contributed by atoms with van der Waals surface area (Å²) in [6.45, 7) is 1.48. The molecular formula is C26H23BrClN3O4S. The number of fused-ring (bicyclic) bond motifs is 1. The highest BCUT2D eigenvalue weighted by Crippen LogP contribution is 2.36. The van der Waals surface area contributed by atoms with E-state index < -0.39 is 0 Å². The second-order valence-corrected chi connectivity index (χ2v) is 11.0. The van der Waals surface area contributed by atoms with Crippen LogP contribution in [0.5, 0.6) is 0 Å². The van der Waals surface area contributed by atoms with Crippen molar-refractivity contribution in [3.05, 3.63) is 74.2 Å². The highest BCUT2D eigenvalue weighted by Gasteiger charge is 2.35. The number of nitrogens with zero attached hydrogens (tertiary/aromatic N) is 2. The molecule has 5 rings (SSSR count). The number of halogens is 2. The number of thioether (sulfide) groups is 1. The molecule has 3 aromatic rings. The van der Waals surface area contributed by atoms with Crippen molar-refractivity contribution >= 4 is 73.3 Å². The second kappa shape index (κ2) is 10.8. The Kier molecular flexibility index (Phi) is 7.52. The van der Waals surface area contributed by atoms with Crippen molar-refractivity contribution in [2.24, 2.45) is 0 Å². The summed E-state index contributed by atoms with van der Waals surface area (Å²) in [5.74, 6) is -0.480. The van der Waals surface area contributed by atoms with E-state index in [1.807, 2.05) is 35.0 Å². The van der Waals surface area contributed by atoms with Crippen LogP contribution in [0.25, 0.3) is 17.0 Å². The molecule has 0 unspecified atom stereocenters. The molecule has 0 bridgehead atoms. The Bertz CT molecular complexity index is 1380. The third kappa shape index (κ3) is 5.39. The van der Waals surface area contributed by atoms with Gasteiger partial charge in [0.1, 0.15) is 6.54 Å². The van der Waals surface area contributed by atoms with Gasteiger partial charge in [0, 0.05) is 45.3 Å². The van der Waals surface area contributed by atoms with Crippen LogP contribution in [0.3, 0.4) is 0 Å². The molecule has 7 nitrogen and oxygen atoms in total. The minimum absolute atomic E-state index is 0.0725. The van der Waals surface area contributed by atoms with Crippen LogP contribution in [0.15, 0.2) is 58.0 Å². The number of aromatic nitrogens is 1. The number of imide groups is 1. The molecule has 2 fully saturated rings. The maximum Gasteiger partial charge on any atom is 0.293 e. The molecule has 0 spiro atoms. The van der Waals surface area contributed by atoms with Crippen molar-refractivity contribution in [3.63, 3.8) is 0 Å². The zero-order valence-electron chi connectivity index (χ0n) is 19.2. The Hall–Kier alpha value is -2.59. The minimum Gasteiger partial charge on any atom is -0.376 e. The fourth-order valence-corrected chi connectivity index (χ4v) is 5.75. The van der Waals surface area contributed by atoms with Crippen LogP contribution in [0.2, 0.25) is 5.02 Å². The van der Waals surface area contributed by atoms with Gasteiger partial charge >= 0.3 is 0 Å². The Morgan fingerprint density at radius 3 is 2.86 bits per heavy atom. The molecule has 186 valence electrons. The summed E-state index contributed by atoms with van der Waals surface area (Å²) >= 11 is 10.6. The average Bonchev–Trinajstić information content (AvgIpc) is 3.55. The van der Waals surface area contributed by atoms with Crippen molar-refractivity contribution in [3.8, 4) is 0 Å². The molecule has 0 radical (unpaired) electrons. The van der Waals surface area contributed by atoms with Gasteiger partial charge < -0.3 is 14.6 Å². The first-order valence-electron chi connectivity index (χ1n) is 11.5. The number of nitrogens with one attached hydrogen (secondary N) is 1. The Morgan fingerprint density at radius 1 is 1.25 bits per heavy atom. The average molecular weight is 589 g/mol. The van der Waals surface area contributed by atoms with Gasteiger partial charge in [-0.2, -0.15) is 0 Å². The maximum atomic E-state index is 13.1. The molecule has 36 heavy (non-hydrogen) atoms. The second-order valence-electron chi connectivity index (χ2n) is 8.67. The van der Waals surface area contributed by atoms with Crippen LogP contribution in [0.4, 0.5) is 4.79 Å². The lowest BCUT2D eigenvalue weighted by Crippen LogP contribution is -2.34. The van der Waals surface area contributed by atoms with E-state index in [9.17, 15) is 14.4 Å². The lowest BCUT2D eigenvalue weighted by atomic mass is 10.1. The molecular weight excluding hydrogens is 566 g/mol. The lowest BCUT2D eigenvalue weighted by Gasteiger charge is -2.13. The topological polar surface area (TPSA) is 80.6 Å². The van der Waals surface area contributed by atoms with E-state index in [-0.39, 0.29) is 36.2 Å². The Balaban J connectivity index is 1.38. The van der Waals surface area contributed by atoms with Crippen LogP contribution in [0.1, 0.15) is 24.0 Å².